The van der Waals surface area contributed by atoms with Gasteiger partial charge in [-0.25, -0.2) is 22.2 Å². The lowest BCUT2D eigenvalue weighted by molar-refractivity contribution is 0.101. The van der Waals surface area contributed by atoms with Crippen molar-refractivity contribution < 1.29 is 26.8 Å². The number of carbonyl (C=O) groups excluding carboxylic acids is 2. The van der Waals surface area contributed by atoms with Crippen LogP contribution < -0.4 is 15.5 Å². The van der Waals surface area contributed by atoms with Gasteiger partial charge in [0.05, 0.1) is 28.7 Å². The lowest BCUT2D eigenvalue weighted by Gasteiger charge is -2.35. The minimum absolute atomic E-state index is 0.0429. The number of anilines is 3. The topological polar surface area (TPSA) is 149 Å². The van der Waals surface area contributed by atoms with E-state index in [0.717, 1.165) is 54.8 Å². The molecule has 0 saturated carbocycles. The number of likely N-dealkylation sites (N-methyl/N-ethyl adjacent to an activating group) is 1. The van der Waals surface area contributed by atoms with Gasteiger partial charge in [0.25, 0.3) is 11.8 Å². The Morgan fingerprint density at radius 1 is 0.978 bits per heavy atom. The molecule has 46 heavy (non-hydrogen) atoms. The van der Waals surface area contributed by atoms with Crippen molar-refractivity contribution in [2.24, 2.45) is 7.05 Å². The second kappa shape index (κ2) is 12.6. The second-order valence-corrected chi connectivity index (χ2v) is 13.1. The van der Waals surface area contributed by atoms with E-state index in [1.165, 1.54) is 12.5 Å². The predicted molar refractivity (Wildman–Crippen MR) is 166 cm³/mol. The van der Waals surface area contributed by atoms with Gasteiger partial charge >= 0.3 is 0 Å². The number of aromatic nitrogens is 4. The fourth-order valence-corrected chi connectivity index (χ4v) is 7.15. The first kappa shape index (κ1) is 31.3. The summed E-state index contributed by atoms with van der Waals surface area (Å²) < 4.78 is 56.9. The van der Waals surface area contributed by atoms with Crippen molar-refractivity contribution in [1.29, 1.82) is 0 Å². The third-order valence-electron chi connectivity index (χ3n) is 8.33. The van der Waals surface area contributed by atoms with Gasteiger partial charge in [-0.3, -0.25) is 14.7 Å². The van der Waals surface area contributed by atoms with Crippen molar-refractivity contribution >= 4 is 39.0 Å². The van der Waals surface area contributed by atoms with Crippen molar-refractivity contribution in [2.75, 3.05) is 54.8 Å². The Morgan fingerprint density at radius 3 is 2.39 bits per heavy atom. The van der Waals surface area contributed by atoms with Gasteiger partial charge in [0.2, 0.25) is 10.0 Å². The maximum absolute atomic E-state index is 13.8. The molecule has 4 aromatic rings. The summed E-state index contributed by atoms with van der Waals surface area (Å²) in [5, 5.41) is 12.7. The van der Waals surface area contributed by atoms with Crippen molar-refractivity contribution in [3.8, 4) is 0 Å². The average Bonchev–Trinajstić information content (AvgIpc) is 3.66. The number of fused-ring (bicyclic) bond motifs is 1. The molecule has 0 radical (unpaired) electrons. The minimum atomic E-state index is -4.25. The normalized spacial score (nSPS) is 15.9. The van der Waals surface area contributed by atoms with Crippen LogP contribution in [-0.2, 0) is 30.0 Å². The van der Waals surface area contributed by atoms with Gasteiger partial charge < -0.3 is 25.0 Å². The number of imidazole rings is 1. The third kappa shape index (κ3) is 6.23. The minimum Gasteiger partial charge on any atom is -0.369 e. The van der Waals surface area contributed by atoms with Crippen LogP contribution in [-0.4, -0.2) is 88.5 Å². The lowest BCUT2D eigenvalue weighted by atomic mass is 10.1. The van der Waals surface area contributed by atoms with Gasteiger partial charge in [-0.2, -0.15) is 9.40 Å². The van der Waals surface area contributed by atoms with Crippen LogP contribution in [0.3, 0.4) is 0 Å². The SMILES string of the molecule is CCN1CCN(c2ccc(C(=O)Nc3n[nH]c4c3CN(S(=O)(=O)c3cc(F)cc(F)c3)CC4)c(NC(=O)c3cncn3C)c2)CC1. The number of sulfonamides is 1. The van der Waals surface area contributed by atoms with Gasteiger partial charge in [-0.1, -0.05) is 6.92 Å². The Morgan fingerprint density at radius 2 is 1.72 bits per heavy atom. The Labute approximate surface area is 264 Å². The number of hydrogen-bond donors (Lipinski definition) is 3. The van der Waals surface area contributed by atoms with Crippen LogP contribution in [0.5, 0.6) is 0 Å². The average molecular weight is 654 g/mol. The van der Waals surface area contributed by atoms with Crippen molar-refractivity contribution in [1.82, 2.24) is 29.0 Å². The number of benzene rings is 2. The molecule has 2 aliphatic rings. The molecule has 2 amide bonds. The number of nitrogens with one attached hydrogen (secondary N) is 3. The Kier molecular flexibility index (Phi) is 8.59. The predicted octanol–water partition coefficient (Wildman–Crippen LogP) is 2.81. The van der Waals surface area contributed by atoms with Gasteiger partial charge in [0.1, 0.15) is 17.3 Å². The van der Waals surface area contributed by atoms with Crippen molar-refractivity contribution in [2.45, 2.75) is 24.8 Å². The van der Waals surface area contributed by atoms with E-state index in [1.54, 1.807) is 23.7 Å². The van der Waals surface area contributed by atoms with E-state index < -0.39 is 38.4 Å². The van der Waals surface area contributed by atoms with Gasteiger partial charge in [-0.15, -0.1) is 0 Å². The Balaban J connectivity index is 1.26. The lowest BCUT2D eigenvalue weighted by Crippen LogP contribution is -2.46. The molecule has 0 atom stereocenters. The van der Waals surface area contributed by atoms with Crippen LogP contribution in [0.15, 0.2) is 53.8 Å². The quantitative estimate of drug-likeness (QED) is 0.263. The first-order valence-corrected chi connectivity index (χ1v) is 16.2. The zero-order chi connectivity index (χ0) is 32.6. The van der Waals surface area contributed by atoms with E-state index in [0.29, 0.717) is 23.0 Å². The Hall–Kier alpha value is -4.67. The van der Waals surface area contributed by atoms with Gasteiger partial charge in [-0.05, 0) is 36.9 Å². The van der Waals surface area contributed by atoms with Gasteiger partial charge in [0.15, 0.2) is 5.82 Å². The van der Waals surface area contributed by atoms with E-state index in [4.69, 9.17) is 0 Å². The summed E-state index contributed by atoms with van der Waals surface area (Å²) in [6, 6.07) is 7.34. The monoisotopic (exact) mass is 653 g/mol. The van der Waals surface area contributed by atoms with Crippen LogP contribution in [0, 0.1) is 11.6 Å². The first-order chi connectivity index (χ1) is 22.0. The molecule has 242 valence electrons. The molecule has 2 aromatic heterocycles. The highest BCUT2D eigenvalue weighted by Gasteiger charge is 2.32. The number of rotatable bonds is 8. The number of halogens is 2. The molecule has 1 saturated heterocycles. The van der Waals surface area contributed by atoms with Crippen molar-refractivity contribution in [3.05, 3.63) is 83.1 Å². The molecule has 2 aromatic carbocycles. The Bertz CT molecular complexity index is 1880. The van der Waals surface area contributed by atoms with Crippen LogP contribution >= 0.6 is 0 Å². The summed E-state index contributed by atoms with van der Waals surface area (Å²) in [6.07, 6.45) is 3.17. The summed E-state index contributed by atoms with van der Waals surface area (Å²) in [5.74, 6) is -2.94. The smallest absolute Gasteiger partial charge is 0.273 e. The maximum atomic E-state index is 13.8. The van der Waals surface area contributed by atoms with Crippen LogP contribution in [0.1, 0.15) is 39.0 Å². The van der Waals surface area contributed by atoms with E-state index in [2.05, 4.69) is 42.5 Å². The summed E-state index contributed by atoms with van der Waals surface area (Å²) >= 11 is 0. The van der Waals surface area contributed by atoms with Crippen LogP contribution in [0.25, 0.3) is 0 Å². The molecule has 0 spiro atoms. The summed E-state index contributed by atoms with van der Waals surface area (Å²) in [5.41, 5.74) is 2.64. The summed E-state index contributed by atoms with van der Waals surface area (Å²) in [7, 11) is -2.57. The number of hydrogen-bond acceptors (Lipinski definition) is 8. The fourth-order valence-electron chi connectivity index (χ4n) is 5.70. The summed E-state index contributed by atoms with van der Waals surface area (Å²) in [6.45, 7) is 6.29. The molecule has 4 heterocycles. The number of piperazine rings is 1. The molecule has 2 aliphatic heterocycles. The fraction of sp³-hybridized carbons (Fsp3) is 0.333. The van der Waals surface area contributed by atoms with E-state index in [-0.39, 0.29) is 36.6 Å². The molecule has 0 unspecified atom stereocenters. The molecular weight excluding hydrogens is 620 g/mol. The van der Waals surface area contributed by atoms with Crippen molar-refractivity contribution in [3.63, 3.8) is 0 Å². The molecule has 0 aliphatic carbocycles. The summed E-state index contributed by atoms with van der Waals surface area (Å²) in [4.78, 5) is 34.9. The van der Waals surface area contributed by atoms with Gasteiger partial charge in [0, 0.05) is 75.7 Å². The zero-order valence-electron chi connectivity index (χ0n) is 25.3. The number of H-pyrrole nitrogens is 1. The standard InChI is InChI=1S/C30H33F2N9O4S/c1-3-39-8-10-40(11-9-39)21-4-5-23(26(15-21)34-30(43)27-16-33-18-38(27)2)29(42)35-28-24-17-41(7-6-25(24)36-37-28)46(44,45)22-13-19(31)12-20(32)14-22/h4-5,12-16,18H,3,6-11,17H2,1-2H3,(H,34,43)(H2,35,36,37,42). The third-order valence-corrected chi connectivity index (χ3v) is 10.2. The largest absolute Gasteiger partial charge is 0.369 e. The molecule has 0 bridgehead atoms. The molecule has 3 N–H and O–H groups in total. The number of aromatic amines is 1. The number of aryl methyl sites for hydroxylation is 1. The van der Waals surface area contributed by atoms with Crippen LogP contribution in [0.4, 0.5) is 26.0 Å². The molecule has 13 nitrogen and oxygen atoms in total. The highest BCUT2D eigenvalue weighted by Crippen LogP contribution is 2.31. The highest BCUT2D eigenvalue weighted by atomic mass is 32.2. The molecule has 16 heteroatoms. The molecule has 1 fully saturated rings. The first-order valence-electron chi connectivity index (χ1n) is 14.8. The van der Waals surface area contributed by atoms with E-state index >= 15 is 0 Å². The van der Waals surface area contributed by atoms with E-state index in [1.807, 2.05) is 6.07 Å². The number of amides is 2. The molecular formula is C30H33F2N9O4S. The second-order valence-electron chi connectivity index (χ2n) is 11.2. The zero-order valence-corrected chi connectivity index (χ0v) is 26.1. The molecule has 6 rings (SSSR count). The number of nitrogens with zero attached hydrogens (tertiary/aromatic N) is 6. The number of carbonyl (C=O) groups is 2. The van der Waals surface area contributed by atoms with E-state index in [9.17, 15) is 26.8 Å². The highest BCUT2D eigenvalue weighted by molar-refractivity contribution is 7.89. The maximum Gasteiger partial charge on any atom is 0.273 e. The van der Waals surface area contributed by atoms with Crippen LogP contribution in [0.2, 0.25) is 0 Å².